The van der Waals surface area contributed by atoms with Crippen LogP contribution in [0, 0.1) is 0 Å². The van der Waals surface area contributed by atoms with Crippen LogP contribution in [0.4, 0.5) is 5.69 Å². The van der Waals surface area contributed by atoms with Gasteiger partial charge in [0, 0.05) is 35.8 Å². The molecule has 3 aromatic rings. The third-order valence-electron chi connectivity index (χ3n) is 4.72. The molecule has 7 nitrogen and oxygen atoms in total. The molecule has 0 aliphatic carbocycles. The fourth-order valence-electron chi connectivity index (χ4n) is 2.92. The third kappa shape index (κ3) is 5.81. The van der Waals surface area contributed by atoms with E-state index in [0.717, 1.165) is 4.31 Å². The molecule has 1 amide bonds. The number of ketones is 1. The Morgan fingerprint density at radius 3 is 2.18 bits per heavy atom. The van der Waals surface area contributed by atoms with Crippen LogP contribution in [0.3, 0.4) is 0 Å². The molecule has 0 aliphatic heterocycles. The van der Waals surface area contributed by atoms with E-state index in [2.05, 4.69) is 10.6 Å². The Morgan fingerprint density at radius 1 is 0.912 bits per heavy atom. The van der Waals surface area contributed by atoms with Crippen molar-refractivity contribution in [2.24, 2.45) is 0 Å². The summed E-state index contributed by atoms with van der Waals surface area (Å²) in [5.74, 6) is -0.929. The van der Waals surface area contributed by atoms with Gasteiger partial charge in [-0.2, -0.15) is 0 Å². The first kappa shape index (κ1) is 25.8. The monoisotopic (exact) mass is 535 g/mol. The van der Waals surface area contributed by atoms with Gasteiger partial charge in [0.25, 0.3) is 5.91 Å². The molecule has 176 valence electrons. The second-order valence-electron chi connectivity index (χ2n) is 7.22. The summed E-state index contributed by atoms with van der Waals surface area (Å²) in [6.07, 6.45) is 0. The number of rotatable bonds is 6. The summed E-state index contributed by atoms with van der Waals surface area (Å²) in [6.45, 7) is 0. The number of nitrogens with zero attached hydrogens (tertiary/aromatic N) is 1. The average molecular weight is 536 g/mol. The van der Waals surface area contributed by atoms with Gasteiger partial charge in [-0.25, -0.2) is 12.7 Å². The number of thiocarbonyl (C=S) groups is 1. The SMILES string of the molecule is CN(C)S(=O)(=O)c1ccc(C(=O)NC(=S)Nc2ccc(Cl)cc2C(=O)c2ccccc2Cl)cc1. The van der Waals surface area contributed by atoms with Gasteiger partial charge in [-0.1, -0.05) is 35.3 Å². The van der Waals surface area contributed by atoms with E-state index >= 15 is 0 Å². The third-order valence-corrected chi connectivity index (χ3v) is 7.31. The largest absolute Gasteiger partial charge is 0.332 e. The molecule has 0 heterocycles. The number of carbonyl (C=O) groups is 2. The lowest BCUT2D eigenvalue weighted by Gasteiger charge is -2.14. The lowest BCUT2D eigenvalue weighted by molar-refractivity contribution is 0.0976. The number of anilines is 1. The zero-order chi connectivity index (χ0) is 25.0. The molecular weight excluding hydrogens is 517 g/mol. The van der Waals surface area contributed by atoms with Crippen LogP contribution < -0.4 is 10.6 Å². The van der Waals surface area contributed by atoms with Crippen LogP contribution in [0.25, 0.3) is 0 Å². The van der Waals surface area contributed by atoms with Gasteiger partial charge >= 0.3 is 0 Å². The lowest BCUT2D eigenvalue weighted by Crippen LogP contribution is -2.34. The second-order valence-corrected chi connectivity index (χ2v) is 10.6. The van der Waals surface area contributed by atoms with Gasteiger partial charge in [0.2, 0.25) is 10.0 Å². The fourth-order valence-corrected chi connectivity index (χ4v) is 4.42. The van der Waals surface area contributed by atoms with Crippen molar-refractivity contribution < 1.29 is 18.0 Å². The van der Waals surface area contributed by atoms with Crippen LogP contribution in [-0.2, 0) is 10.0 Å². The predicted octanol–water partition coefficient (Wildman–Crippen LogP) is 4.60. The van der Waals surface area contributed by atoms with E-state index in [0.29, 0.717) is 10.7 Å². The Morgan fingerprint density at radius 2 is 1.56 bits per heavy atom. The van der Waals surface area contributed by atoms with Crippen molar-refractivity contribution in [1.29, 1.82) is 0 Å². The summed E-state index contributed by atoms with van der Waals surface area (Å²) in [7, 11) is -0.778. The summed E-state index contributed by atoms with van der Waals surface area (Å²) in [4.78, 5) is 25.7. The maximum absolute atomic E-state index is 13.1. The van der Waals surface area contributed by atoms with Crippen molar-refractivity contribution in [3.63, 3.8) is 0 Å². The molecule has 0 radical (unpaired) electrons. The molecule has 0 bridgehead atoms. The molecule has 34 heavy (non-hydrogen) atoms. The minimum atomic E-state index is -3.61. The van der Waals surface area contributed by atoms with E-state index in [1.165, 1.54) is 44.4 Å². The van der Waals surface area contributed by atoms with Gasteiger partial charge in [0.1, 0.15) is 0 Å². The van der Waals surface area contributed by atoms with Crippen LogP contribution in [0.2, 0.25) is 10.0 Å². The number of amides is 1. The van der Waals surface area contributed by atoms with Crippen molar-refractivity contribution in [3.8, 4) is 0 Å². The van der Waals surface area contributed by atoms with E-state index in [1.54, 1.807) is 36.4 Å². The van der Waals surface area contributed by atoms with Crippen molar-refractivity contribution in [1.82, 2.24) is 9.62 Å². The van der Waals surface area contributed by atoms with E-state index in [1.807, 2.05) is 0 Å². The number of nitrogens with one attached hydrogen (secondary N) is 2. The maximum atomic E-state index is 13.1. The quantitative estimate of drug-likeness (QED) is 0.353. The Hall–Kier alpha value is -2.82. The molecule has 3 rings (SSSR count). The van der Waals surface area contributed by atoms with Crippen molar-refractivity contribution in [2.75, 3.05) is 19.4 Å². The number of halogens is 2. The van der Waals surface area contributed by atoms with Crippen LogP contribution in [0.15, 0.2) is 71.6 Å². The number of hydrogen-bond donors (Lipinski definition) is 2. The molecule has 0 saturated heterocycles. The highest BCUT2D eigenvalue weighted by molar-refractivity contribution is 7.89. The second kappa shape index (κ2) is 10.6. The lowest BCUT2D eigenvalue weighted by atomic mass is 10.0. The highest BCUT2D eigenvalue weighted by atomic mass is 35.5. The zero-order valence-electron chi connectivity index (χ0n) is 18.0. The summed E-state index contributed by atoms with van der Waals surface area (Å²) >= 11 is 17.5. The summed E-state index contributed by atoms with van der Waals surface area (Å²) < 4.78 is 25.4. The molecular formula is C23H19Cl2N3O4S2. The molecule has 0 aromatic heterocycles. The predicted molar refractivity (Wildman–Crippen MR) is 137 cm³/mol. The smallest absolute Gasteiger partial charge is 0.257 e. The molecule has 0 fully saturated rings. The van der Waals surface area contributed by atoms with E-state index < -0.39 is 15.9 Å². The topological polar surface area (TPSA) is 95.6 Å². The average Bonchev–Trinajstić information content (AvgIpc) is 2.80. The van der Waals surface area contributed by atoms with Gasteiger partial charge < -0.3 is 5.32 Å². The zero-order valence-corrected chi connectivity index (χ0v) is 21.1. The van der Waals surface area contributed by atoms with Crippen molar-refractivity contribution >= 4 is 67.9 Å². The van der Waals surface area contributed by atoms with Crippen LogP contribution >= 0.6 is 35.4 Å². The normalized spacial score (nSPS) is 11.2. The standard InChI is InChI=1S/C23H19Cl2N3O4S2/c1-28(2)34(31,32)16-10-7-14(8-11-16)22(30)27-23(33)26-20-12-9-15(24)13-18(20)21(29)17-5-3-4-6-19(17)25/h3-13H,1-2H3,(H2,26,27,30,33). The molecule has 0 atom stereocenters. The number of benzene rings is 3. The molecule has 2 N–H and O–H groups in total. The molecule has 0 unspecified atom stereocenters. The Balaban J connectivity index is 1.77. The van der Waals surface area contributed by atoms with Gasteiger partial charge in [-0.05, 0) is 66.8 Å². The molecule has 11 heteroatoms. The van der Waals surface area contributed by atoms with Gasteiger partial charge in [0.05, 0.1) is 15.6 Å². The van der Waals surface area contributed by atoms with Gasteiger partial charge in [0.15, 0.2) is 10.9 Å². The maximum Gasteiger partial charge on any atom is 0.257 e. The van der Waals surface area contributed by atoms with E-state index in [9.17, 15) is 18.0 Å². The Bertz CT molecular complexity index is 1380. The van der Waals surface area contributed by atoms with Crippen molar-refractivity contribution in [2.45, 2.75) is 4.90 Å². The van der Waals surface area contributed by atoms with Gasteiger partial charge in [-0.3, -0.25) is 14.9 Å². The molecule has 0 saturated carbocycles. The highest BCUT2D eigenvalue weighted by Crippen LogP contribution is 2.26. The molecule has 0 aliphatic rings. The number of sulfonamides is 1. The number of hydrogen-bond acceptors (Lipinski definition) is 5. The highest BCUT2D eigenvalue weighted by Gasteiger charge is 2.20. The Kier molecular flexibility index (Phi) is 8.06. The van der Waals surface area contributed by atoms with E-state index in [4.69, 9.17) is 35.4 Å². The first-order valence-electron chi connectivity index (χ1n) is 9.74. The number of carbonyl (C=O) groups excluding carboxylic acids is 2. The van der Waals surface area contributed by atoms with E-state index in [-0.39, 0.29) is 37.5 Å². The van der Waals surface area contributed by atoms with Gasteiger partial charge in [-0.15, -0.1) is 0 Å². The summed E-state index contributed by atoms with van der Waals surface area (Å²) in [5.41, 5.74) is 1.03. The van der Waals surface area contributed by atoms with Crippen molar-refractivity contribution in [3.05, 3.63) is 93.5 Å². The van der Waals surface area contributed by atoms with Crippen LogP contribution in [0.5, 0.6) is 0 Å². The molecule has 3 aromatic carbocycles. The summed E-state index contributed by atoms with van der Waals surface area (Å²) in [5, 5.41) is 5.90. The minimum Gasteiger partial charge on any atom is -0.332 e. The first-order valence-corrected chi connectivity index (χ1v) is 12.3. The summed E-state index contributed by atoms with van der Waals surface area (Å²) in [6, 6.07) is 16.6. The Labute approximate surface area is 212 Å². The van der Waals surface area contributed by atoms with Crippen LogP contribution in [-0.4, -0.2) is 43.6 Å². The van der Waals surface area contributed by atoms with Crippen LogP contribution in [0.1, 0.15) is 26.3 Å². The molecule has 0 spiro atoms. The fraction of sp³-hybridized carbons (Fsp3) is 0.0870. The minimum absolute atomic E-state index is 0.0543. The first-order chi connectivity index (χ1) is 16.0.